The van der Waals surface area contributed by atoms with Gasteiger partial charge in [-0.05, 0) is 13.8 Å². The first-order valence-electron chi connectivity index (χ1n) is 3.78. The van der Waals surface area contributed by atoms with E-state index in [1.54, 1.807) is 12.3 Å². The molecule has 0 aliphatic rings. The van der Waals surface area contributed by atoms with Gasteiger partial charge in [-0.3, -0.25) is 0 Å². The highest BCUT2D eigenvalue weighted by molar-refractivity contribution is 5.84. The number of carbonyl (C=O) groups is 1. The summed E-state index contributed by atoms with van der Waals surface area (Å²) in [5, 5.41) is 16.0. The van der Waals surface area contributed by atoms with Crippen LogP contribution in [-0.2, 0) is 9.53 Å². The lowest BCUT2D eigenvalue weighted by atomic mass is 10.4. The molecule has 0 aromatic heterocycles. The van der Waals surface area contributed by atoms with Crippen molar-refractivity contribution < 1.29 is 19.7 Å². The molecular weight excluding hydrogens is 172 g/mol. The molecule has 2 N–H and O–H groups in total. The second kappa shape index (κ2) is 10.7. The summed E-state index contributed by atoms with van der Waals surface area (Å²) in [6.45, 7) is 6.94. The maximum absolute atomic E-state index is 9.60. The second-order valence-electron chi connectivity index (χ2n) is 2.15. The molecule has 0 saturated carbocycles. The van der Waals surface area contributed by atoms with E-state index in [2.05, 4.69) is 6.58 Å². The molecule has 0 bridgehead atoms. The van der Waals surface area contributed by atoms with Gasteiger partial charge < -0.3 is 14.9 Å². The van der Waals surface area contributed by atoms with Gasteiger partial charge >= 0.3 is 5.97 Å². The molecule has 0 aromatic rings. The van der Waals surface area contributed by atoms with E-state index >= 15 is 0 Å². The Kier molecular flexibility index (Phi) is 11.7. The van der Waals surface area contributed by atoms with Crippen LogP contribution in [0.5, 0.6) is 0 Å². The lowest BCUT2D eigenvalue weighted by Gasteiger charge is -1.91. The Morgan fingerprint density at radius 1 is 1.62 bits per heavy atom. The molecule has 4 heteroatoms. The Hall–Kier alpha value is -1.29. The first-order chi connectivity index (χ1) is 6.06. The summed E-state index contributed by atoms with van der Waals surface area (Å²) >= 11 is 0. The molecule has 0 atom stereocenters. The molecule has 0 amide bonds. The van der Waals surface area contributed by atoms with E-state index in [0.29, 0.717) is 6.61 Å². The van der Waals surface area contributed by atoms with Crippen LogP contribution in [0.1, 0.15) is 13.8 Å². The van der Waals surface area contributed by atoms with Gasteiger partial charge in [0, 0.05) is 5.57 Å². The monoisotopic (exact) mass is 188 g/mol. The number of carboxylic acids is 1. The van der Waals surface area contributed by atoms with Crippen LogP contribution >= 0.6 is 0 Å². The summed E-state index contributed by atoms with van der Waals surface area (Å²) in [4.78, 5) is 9.60. The minimum atomic E-state index is -0.935. The van der Waals surface area contributed by atoms with Crippen LogP contribution in [0.15, 0.2) is 24.5 Å². The topological polar surface area (TPSA) is 66.8 Å². The van der Waals surface area contributed by atoms with Crippen LogP contribution in [0.3, 0.4) is 0 Å². The van der Waals surface area contributed by atoms with Crippen LogP contribution in [0.2, 0.25) is 0 Å². The predicted molar refractivity (Wildman–Crippen MR) is 50.3 cm³/mol. The van der Waals surface area contributed by atoms with Crippen molar-refractivity contribution in [2.24, 2.45) is 0 Å². The molecule has 0 radical (unpaired) electrons. The minimum Gasteiger partial charge on any atom is -0.499 e. The molecule has 4 nitrogen and oxygen atoms in total. The average molecular weight is 188 g/mol. The van der Waals surface area contributed by atoms with Crippen molar-refractivity contribution in [3.05, 3.63) is 24.5 Å². The lowest BCUT2D eigenvalue weighted by Crippen LogP contribution is -1.92. The van der Waals surface area contributed by atoms with Gasteiger partial charge in [0.2, 0.25) is 0 Å². The van der Waals surface area contributed by atoms with Crippen molar-refractivity contribution in [2.75, 3.05) is 13.2 Å². The zero-order valence-corrected chi connectivity index (χ0v) is 7.99. The van der Waals surface area contributed by atoms with Gasteiger partial charge in [-0.1, -0.05) is 12.7 Å². The Bertz CT molecular complexity index is 160. The third kappa shape index (κ3) is 18.0. The van der Waals surface area contributed by atoms with Gasteiger partial charge in [-0.15, -0.1) is 0 Å². The summed E-state index contributed by atoms with van der Waals surface area (Å²) in [7, 11) is 0. The fourth-order valence-electron chi connectivity index (χ4n) is 0.217. The summed E-state index contributed by atoms with van der Waals surface area (Å²) in [5.41, 5.74) is 0.176. The maximum Gasteiger partial charge on any atom is 0.330 e. The lowest BCUT2D eigenvalue weighted by molar-refractivity contribution is -0.132. The molecule has 0 heterocycles. The molecule has 76 valence electrons. The average Bonchev–Trinajstić information content (AvgIpc) is 2.06. The van der Waals surface area contributed by atoms with Gasteiger partial charge in [-0.2, -0.15) is 0 Å². The highest BCUT2D eigenvalue weighted by atomic mass is 16.5. The van der Waals surface area contributed by atoms with Crippen molar-refractivity contribution in [3.8, 4) is 0 Å². The molecule has 0 aliphatic heterocycles. The maximum atomic E-state index is 9.60. The fraction of sp³-hybridized carbons (Fsp3) is 0.444. The number of hydrogen-bond acceptors (Lipinski definition) is 3. The number of carboxylic acid groups (broad SMARTS) is 1. The third-order valence-corrected chi connectivity index (χ3v) is 0.807. The van der Waals surface area contributed by atoms with E-state index < -0.39 is 5.97 Å². The molecule has 13 heavy (non-hydrogen) atoms. The largest absolute Gasteiger partial charge is 0.499 e. The van der Waals surface area contributed by atoms with E-state index in [0.717, 1.165) is 0 Å². The number of aliphatic hydroxyl groups excluding tert-OH is 1. The molecular formula is C9H16O4. The summed E-state index contributed by atoms with van der Waals surface area (Å²) < 4.78 is 4.70. The predicted octanol–water partition coefficient (Wildman–Crippen LogP) is 1.18. The Labute approximate surface area is 78.1 Å². The highest BCUT2D eigenvalue weighted by Gasteiger charge is 1.90. The van der Waals surface area contributed by atoms with Crippen molar-refractivity contribution in [3.63, 3.8) is 0 Å². The smallest absolute Gasteiger partial charge is 0.330 e. The Balaban J connectivity index is 0. The SMILES string of the molecule is C=C(C)C(=O)O.CC=COCCO. The van der Waals surface area contributed by atoms with E-state index in [9.17, 15) is 4.79 Å². The van der Waals surface area contributed by atoms with Crippen LogP contribution < -0.4 is 0 Å². The summed E-state index contributed by atoms with van der Waals surface area (Å²) in [5.74, 6) is -0.935. The Morgan fingerprint density at radius 2 is 2.08 bits per heavy atom. The van der Waals surface area contributed by atoms with Gasteiger partial charge in [0.1, 0.15) is 6.61 Å². The quantitative estimate of drug-likeness (QED) is 0.395. The Morgan fingerprint density at radius 3 is 2.31 bits per heavy atom. The molecule has 0 fully saturated rings. The number of rotatable bonds is 4. The van der Waals surface area contributed by atoms with E-state index in [4.69, 9.17) is 14.9 Å². The van der Waals surface area contributed by atoms with E-state index in [-0.39, 0.29) is 12.2 Å². The summed E-state index contributed by atoms with van der Waals surface area (Å²) in [6, 6.07) is 0. The van der Waals surface area contributed by atoms with Crippen molar-refractivity contribution in [1.29, 1.82) is 0 Å². The zero-order valence-electron chi connectivity index (χ0n) is 7.99. The first-order valence-corrected chi connectivity index (χ1v) is 3.78. The van der Waals surface area contributed by atoms with Gasteiger partial charge in [0.15, 0.2) is 0 Å². The van der Waals surface area contributed by atoms with Crippen LogP contribution in [0.4, 0.5) is 0 Å². The first kappa shape index (κ1) is 14.2. The van der Waals surface area contributed by atoms with Crippen LogP contribution in [0.25, 0.3) is 0 Å². The number of aliphatic hydroxyl groups is 1. The standard InChI is InChI=1S/C5H10O2.C4H6O2/c1-2-4-7-5-3-6;1-3(2)4(5)6/h2,4,6H,3,5H2,1H3;1H2,2H3,(H,5,6). The molecule has 0 aliphatic carbocycles. The van der Waals surface area contributed by atoms with Crippen LogP contribution in [0, 0.1) is 0 Å². The molecule has 0 unspecified atom stereocenters. The van der Waals surface area contributed by atoms with E-state index in [1.165, 1.54) is 6.92 Å². The van der Waals surface area contributed by atoms with Crippen molar-refractivity contribution >= 4 is 5.97 Å². The number of hydrogen-bond donors (Lipinski definition) is 2. The molecule has 0 spiro atoms. The van der Waals surface area contributed by atoms with Crippen molar-refractivity contribution in [2.45, 2.75) is 13.8 Å². The number of allylic oxidation sites excluding steroid dienone is 1. The third-order valence-electron chi connectivity index (χ3n) is 0.807. The normalized spacial score (nSPS) is 8.85. The molecule has 0 rings (SSSR count). The fourth-order valence-corrected chi connectivity index (χ4v) is 0.217. The second-order valence-corrected chi connectivity index (χ2v) is 2.15. The van der Waals surface area contributed by atoms with E-state index in [1.807, 2.05) is 6.92 Å². The summed E-state index contributed by atoms with van der Waals surface area (Å²) in [6.07, 6.45) is 3.33. The van der Waals surface area contributed by atoms with Crippen molar-refractivity contribution in [1.82, 2.24) is 0 Å². The number of ether oxygens (including phenoxy) is 1. The van der Waals surface area contributed by atoms with Gasteiger partial charge in [0.05, 0.1) is 12.9 Å². The molecule has 0 saturated heterocycles. The van der Waals surface area contributed by atoms with Gasteiger partial charge in [-0.25, -0.2) is 4.79 Å². The van der Waals surface area contributed by atoms with Gasteiger partial charge in [0.25, 0.3) is 0 Å². The highest BCUT2D eigenvalue weighted by Crippen LogP contribution is 1.81. The molecule has 0 aromatic carbocycles. The minimum absolute atomic E-state index is 0.0876. The van der Waals surface area contributed by atoms with Crippen LogP contribution in [-0.4, -0.2) is 29.4 Å². The number of aliphatic carboxylic acids is 1. The zero-order chi connectivity index (χ0) is 10.7.